The summed E-state index contributed by atoms with van der Waals surface area (Å²) in [6, 6.07) is 5.70. The highest BCUT2D eigenvalue weighted by molar-refractivity contribution is 7.80. The standard InChI is InChI=1S/C25H31F3N4O3.C7H16.C5H7F5S/c1-24-9-8-17-16-5-3-15(12-14(16)2-4-18(17)19(24)6-7-20(24)33)35-23(34)31-10-11-32(21(29)13-31)22(30)25(26,27)28;1-5-7(3,4)6-2;6-4(7,2-1-3-11)5(8,9)10/h3,5,12,17-20,29-30,33H,2,4,6-11,13H2,1H3;5-6H2,1-4H3;11H,1-3H2. The van der Waals surface area contributed by atoms with Crippen molar-refractivity contribution >= 4 is 30.4 Å². The number of fused-ring (bicyclic) bond motifs is 5. The highest BCUT2D eigenvalue weighted by Crippen LogP contribution is 2.61. The molecular formula is C37H54F8N4O3S. The number of alkyl halides is 8. The second kappa shape index (κ2) is 17.5. The Kier molecular flexibility index (Phi) is 14.7. The lowest BCUT2D eigenvalue weighted by molar-refractivity contribution is -0.284. The van der Waals surface area contributed by atoms with Crippen LogP contribution in [0.4, 0.5) is 39.9 Å². The Bertz CT molecular complexity index is 1430. The van der Waals surface area contributed by atoms with Crippen molar-refractivity contribution in [3.8, 4) is 5.75 Å². The van der Waals surface area contributed by atoms with Crippen molar-refractivity contribution in [1.29, 1.82) is 10.8 Å². The van der Waals surface area contributed by atoms with E-state index in [9.17, 15) is 45.0 Å². The molecule has 2 saturated carbocycles. The molecule has 7 nitrogen and oxygen atoms in total. The number of carbonyl (C=O) groups excluding carboxylic acids is 1. The SMILES string of the molecule is CC12CCC3c4ccc(OC(=O)N5CCN(C(=N)C(F)(F)F)C(=N)C5)cc4CCC3C1CCC2O.CCC(C)(C)CC.FC(F)(F)C(F)(F)CCCS. The molecule has 4 aliphatic rings. The third-order valence-electron chi connectivity index (χ3n) is 11.9. The van der Waals surface area contributed by atoms with E-state index >= 15 is 0 Å². The third kappa shape index (κ3) is 10.8. The van der Waals surface area contributed by atoms with E-state index in [1.54, 1.807) is 6.07 Å². The van der Waals surface area contributed by atoms with Crippen LogP contribution in [0.25, 0.3) is 0 Å². The maximum atomic E-state index is 12.8. The predicted octanol–water partition coefficient (Wildman–Crippen LogP) is 10.3. The second-order valence-corrected chi connectivity index (χ2v) is 16.0. The van der Waals surface area contributed by atoms with Crippen LogP contribution >= 0.6 is 12.6 Å². The first-order chi connectivity index (χ1) is 24.4. The normalized spacial score (nSPS) is 25.9. The minimum Gasteiger partial charge on any atom is -0.410 e. The number of aryl methyl sites for hydroxylation is 1. The summed E-state index contributed by atoms with van der Waals surface area (Å²) in [5.41, 5.74) is 3.06. The number of piperazine rings is 1. The van der Waals surface area contributed by atoms with Gasteiger partial charge < -0.3 is 14.7 Å². The van der Waals surface area contributed by atoms with Gasteiger partial charge in [-0.3, -0.25) is 15.7 Å². The zero-order valence-corrected chi connectivity index (χ0v) is 32.0. The summed E-state index contributed by atoms with van der Waals surface area (Å²) >= 11 is 3.53. The van der Waals surface area contributed by atoms with Gasteiger partial charge in [-0.15, -0.1) is 0 Å². The van der Waals surface area contributed by atoms with Gasteiger partial charge in [0.15, 0.2) is 0 Å². The molecule has 5 rings (SSSR count). The van der Waals surface area contributed by atoms with Gasteiger partial charge in [-0.25, -0.2) is 4.79 Å². The number of ether oxygens (including phenoxy) is 1. The van der Waals surface area contributed by atoms with Crippen LogP contribution in [0.3, 0.4) is 0 Å². The van der Waals surface area contributed by atoms with Gasteiger partial charge >= 0.3 is 24.4 Å². The van der Waals surface area contributed by atoms with Gasteiger partial charge in [-0.05, 0) is 103 Å². The Morgan fingerprint density at radius 2 is 1.66 bits per heavy atom. The summed E-state index contributed by atoms with van der Waals surface area (Å²) in [5.74, 6) is -4.65. The molecule has 0 radical (unpaired) electrons. The lowest BCUT2D eigenvalue weighted by atomic mass is 9.55. The molecule has 1 aromatic carbocycles. The number of nitrogens with zero attached hydrogens (tertiary/aromatic N) is 2. The molecule has 302 valence electrons. The number of aliphatic hydroxyl groups excluding tert-OH is 1. The zero-order chi connectivity index (χ0) is 40.2. The smallest absolute Gasteiger partial charge is 0.410 e. The monoisotopic (exact) mass is 786 g/mol. The molecule has 1 saturated heterocycles. The van der Waals surface area contributed by atoms with Gasteiger partial charge in [0, 0.05) is 19.5 Å². The van der Waals surface area contributed by atoms with Gasteiger partial charge in [0.25, 0.3) is 0 Å². The number of nitrogens with one attached hydrogen (secondary N) is 2. The summed E-state index contributed by atoms with van der Waals surface area (Å²) in [6.45, 7) is 10.6. The molecule has 0 bridgehead atoms. The van der Waals surface area contributed by atoms with E-state index in [0.29, 0.717) is 33.8 Å². The number of amidine groups is 2. The highest BCUT2D eigenvalue weighted by Gasteiger charge is 2.56. The molecule has 1 aliphatic heterocycles. The van der Waals surface area contributed by atoms with Crippen molar-refractivity contribution in [3.63, 3.8) is 0 Å². The van der Waals surface area contributed by atoms with Crippen LogP contribution in [0.2, 0.25) is 0 Å². The van der Waals surface area contributed by atoms with Crippen molar-refractivity contribution < 1.29 is 49.8 Å². The van der Waals surface area contributed by atoms with Crippen LogP contribution in [0.15, 0.2) is 18.2 Å². The lowest BCUT2D eigenvalue weighted by Gasteiger charge is -2.50. The van der Waals surface area contributed by atoms with E-state index in [0.717, 1.165) is 44.1 Å². The van der Waals surface area contributed by atoms with Crippen LogP contribution < -0.4 is 4.74 Å². The number of carbonyl (C=O) groups is 1. The Morgan fingerprint density at radius 3 is 2.19 bits per heavy atom. The fourth-order valence-electron chi connectivity index (χ4n) is 7.71. The number of rotatable bonds is 6. The average Bonchev–Trinajstić information content (AvgIpc) is 3.40. The molecule has 1 amide bonds. The number of thiol groups is 1. The first-order valence-electron chi connectivity index (χ1n) is 18.3. The number of hydrogen-bond acceptors (Lipinski definition) is 6. The Morgan fingerprint density at radius 1 is 1.02 bits per heavy atom. The van der Waals surface area contributed by atoms with Crippen molar-refractivity contribution in [2.24, 2.45) is 22.7 Å². The maximum Gasteiger partial charge on any atom is 0.453 e. The molecule has 3 N–H and O–H groups in total. The Balaban J connectivity index is 0.000000349. The van der Waals surface area contributed by atoms with Crippen molar-refractivity contribution in [2.75, 3.05) is 25.4 Å². The van der Waals surface area contributed by atoms with E-state index in [1.165, 1.54) is 23.3 Å². The van der Waals surface area contributed by atoms with Crippen molar-refractivity contribution in [1.82, 2.24) is 9.80 Å². The molecule has 1 aromatic rings. The quantitative estimate of drug-likeness (QED) is 0.0999. The van der Waals surface area contributed by atoms with Crippen LogP contribution in [-0.2, 0) is 6.42 Å². The maximum absolute atomic E-state index is 12.8. The van der Waals surface area contributed by atoms with E-state index in [-0.39, 0.29) is 43.3 Å². The largest absolute Gasteiger partial charge is 0.453 e. The minimum absolute atomic E-state index is 0.0183. The topological polar surface area (TPSA) is 101 Å². The fraction of sp³-hybridized carbons (Fsp3) is 0.757. The summed E-state index contributed by atoms with van der Waals surface area (Å²) in [7, 11) is 0. The highest BCUT2D eigenvalue weighted by atomic mass is 32.1. The van der Waals surface area contributed by atoms with Crippen molar-refractivity contribution in [3.05, 3.63) is 29.3 Å². The Hall–Kier alpha value is -2.62. The van der Waals surface area contributed by atoms with Gasteiger partial charge in [0.2, 0.25) is 5.84 Å². The van der Waals surface area contributed by atoms with E-state index in [1.807, 2.05) is 12.1 Å². The summed E-state index contributed by atoms with van der Waals surface area (Å²) < 4.78 is 102. The van der Waals surface area contributed by atoms with Crippen LogP contribution in [0.1, 0.15) is 109 Å². The number of amides is 1. The molecule has 0 aromatic heterocycles. The lowest BCUT2D eigenvalue weighted by Crippen LogP contribution is -2.56. The molecule has 5 unspecified atom stereocenters. The molecule has 3 aliphatic carbocycles. The average molecular weight is 787 g/mol. The Labute approximate surface area is 312 Å². The van der Waals surface area contributed by atoms with E-state index < -0.39 is 42.5 Å². The number of hydrogen-bond donors (Lipinski definition) is 4. The second-order valence-electron chi connectivity index (χ2n) is 15.5. The molecule has 1 heterocycles. The summed E-state index contributed by atoms with van der Waals surface area (Å²) in [6.07, 6.45) is -4.07. The van der Waals surface area contributed by atoms with Gasteiger partial charge in [-0.2, -0.15) is 47.8 Å². The van der Waals surface area contributed by atoms with Gasteiger partial charge in [-0.1, -0.05) is 53.5 Å². The molecule has 53 heavy (non-hydrogen) atoms. The van der Waals surface area contributed by atoms with Crippen LogP contribution in [-0.4, -0.2) is 82.4 Å². The molecule has 5 atom stereocenters. The first kappa shape index (κ1) is 44.8. The summed E-state index contributed by atoms with van der Waals surface area (Å²) in [4.78, 5) is 14.4. The molecular weight excluding hydrogens is 732 g/mol. The molecule has 3 fully saturated rings. The number of halogens is 8. The van der Waals surface area contributed by atoms with Crippen molar-refractivity contribution in [2.45, 2.75) is 129 Å². The number of benzene rings is 1. The van der Waals surface area contributed by atoms with E-state index in [2.05, 4.69) is 47.2 Å². The van der Waals surface area contributed by atoms with Gasteiger partial charge in [0.05, 0.1) is 12.6 Å². The summed E-state index contributed by atoms with van der Waals surface area (Å²) in [5, 5.41) is 25.7. The first-order valence-corrected chi connectivity index (χ1v) is 18.9. The molecule has 0 spiro atoms. The third-order valence-corrected chi connectivity index (χ3v) is 12.2. The fourth-order valence-corrected chi connectivity index (χ4v) is 7.87. The minimum atomic E-state index is -5.42. The number of aliphatic hydroxyl groups is 1. The van der Waals surface area contributed by atoms with E-state index in [4.69, 9.17) is 15.6 Å². The predicted molar refractivity (Wildman–Crippen MR) is 191 cm³/mol. The molecule has 16 heteroatoms. The van der Waals surface area contributed by atoms with Gasteiger partial charge in [0.1, 0.15) is 11.6 Å². The zero-order valence-electron chi connectivity index (χ0n) is 31.1. The van der Waals surface area contributed by atoms with Crippen LogP contribution in [0, 0.1) is 33.5 Å². The van der Waals surface area contributed by atoms with Crippen LogP contribution in [0.5, 0.6) is 5.75 Å².